The molecule has 0 heterocycles. The molecule has 1 rings (SSSR count). The Labute approximate surface area is 103 Å². The zero-order chi connectivity index (χ0) is 12.7. The number of rotatable bonds is 6. The molecule has 17 heavy (non-hydrogen) atoms. The second-order valence-electron chi connectivity index (χ2n) is 4.33. The zero-order valence-corrected chi connectivity index (χ0v) is 10.7. The third-order valence-electron chi connectivity index (χ3n) is 2.54. The van der Waals surface area contributed by atoms with Gasteiger partial charge in [-0.3, -0.25) is 0 Å². The Morgan fingerprint density at radius 2 is 1.88 bits per heavy atom. The molecule has 3 heteroatoms. The van der Waals surface area contributed by atoms with Crippen LogP contribution in [0.2, 0.25) is 0 Å². The van der Waals surface area contributed by atoms with Crippen molar-refractivity contribution >= 4 is 0 Å². The summed E-state index contributed by atoms with van der Waals surface area (Å²) in [5.74, 6) is 0. The van der Waals surface area contributed by atoms with Gasteiger partial charge >= 0.3 is 0 Å². The molecule has 0 amide bonds. The fourth-order valence-corrected chi connectivity index (χ4v) is 1.53. The van der Waals surface area contributed by atoms with Crippen LogP contribution in [0.5, 0.6) is 0 Å². The Kier molecular flexibility index (Phi) is 5.68. The fourth-order valence-electron chi connectivity index (χ4n) is 1.53. The van der Waals surface area contributed by atoms with E-state index < -0.39 is 0 Å². The van der Waals surface area contributed by atoms with Gasteiger partial charge in [0.2, 0.25) is 0 Å². The smallest absolute Gasteiger partial charge is 0.0991 e. The van der Waals surface area contributed by atoms with Gasteiger partial charge in [0.15, 0.2) is 0 Å². The van der Waals surface area contributed by atoms with Crippen LogP contribution in [-0.2, 0) is 4.74 Å². The summed E-state index contributed by atoms with van der Waals surface area (Å²) in [4.78, 5) is 0. The molecule has 1 N–H and O–H groups in total. The highest BCUT2D eigenvalue weighted by Crippen LogP contribution is 2.12. The Hall–Kier alpha value is -1.37. The van der Waals surface area contributed by atoms with E-state index in [1.807, 2.05) is 38.1 Å². The van der Waals surface area contributed by atoms with E-state index >= 15 is 0 Å². The van der Waals surface area contributed by atoms with E-state index in [1.54, 1.807) is 0 Å². The standard InChI is InChI=1S/C14H20N2O/c1-11(2)17-9-8-16-12(3)14-6-4-13(10-15)5-7-14/h4-7,11-12,16H,8-9H2,1-3H3. The number of nitrogens with zero attached hydrogens (tertiary/aromatic N) is 1. The van der Waals surface area contributed by atoms with Gasteiger partial charge in [0, 0.05) is 12.6 Å². The van der Waals surface area contributed by atoms with Crippen molar-refractivity contribution in [3.8, 4) is 6.07 Å². The summed E-state index contributed by atoms with van der Waals surface area (Å²) in [6.07, 6.45) is 0.280. The molecule has 1 atom stereocenters. The molecule has 0 aliphatic heterocycles. The van der Waals surface area contributed by atoms with Crippen molar-refractivity contribution in [2.75, 3.05) is 13.2 Å². The van der Waals surface area contributed by atoms with Crippen LogP contribution in [0, 0.1) is 11.3 Å². The van der Waals surface area contributed by atoms with Gasteiger partial charge in [-0.15, -0.1) is 0 Å². The Balaban J connectivity index is 2.36. The molecule has 0 saturated carbocycles. The van der Waals surface area contributed by atoms with Crippen molar-refractivity contribution in [3.63, 3.8) is 0 Å². The first-order chi connectivity index (χ1) is 8.13. The van der Waals surface area contributed by atoms with Crippen molar-refractivity contribution in [2.45, 2.75) is 32.9 Å². The van der Waals surface area contributed by atoms with Gasteiger partial charge in [-0.2, -0.15) is 5.26 Å². The molecule has 0 saturated heterocycles. The molecular weight excluding hydrogens is 212 g/mol. The molecule has 0 radical (unpaired) electrons. The van der Waals surface area contributed by atoms with Gasteiger partial charge in [0.05, 0.1) is 24.3 Å². The lowest BCUT2D eigenvalue weighted by molar-refractivity contribution is 0.0796. The van der Waals surface area contributed by atoms with Crippen LogP contribution in [0.15, 0.2) is 24.3 Å². The number of benzene rings is 1. The second kappa shape index (κ2) is 7.05. The molecule has 0 aliphatic rings. The van der Waals surface area contributed by atoms with Crippen LogP contribution in [0.4, 0.5) is 0 Å². The van der Waals surface area contributed by atoms with Crippen LogP contribution < -0.4 is 5.32 Å². The third-order valence-corrected chi connectivity index (χ3v) is 2.54. The molecule has 0 bridgehead atoms. The lowest BCUT2D eigenvalue weighted by Crippen LogP contribution is -2.24. The van der Waals surface area contributed by atoms with Gasteiger partial charge in [-0.05, 0) is 38.5 Å². The normalized spacial score (nSPS) is 12.4. The van der Waals surface area contributed by atoms with Gasteiger partial charge in [-0.1, -0.05) is 12.1 Å². The van der Waals surface area contributed by atoms with Gasteiger partial charge in [0.1, 0.15) is 0 Å². The van der Waals surface area contributed by atoms with Crippen LogP contribution >= 0.6 is 0 Å². The van der Waals surface area contributed by atoms with Crippen LogP contribution in [0.25, 0.3) is 0 Å². The van der Waals surface area contributed by atoms with Crippen LogP contribution in [0.3, 0.4) is 0 Å². The summed E-state index contributed by atoms with van der Waals surface area (Å²) >= 11 is 0. The molecule has 92 valence electrons. The van der Waals surface area contributed by atoms with E-state index in [2.05, 4.69) is 18.3 Å². The van der Waals surface area contributed by atoms with E-state index in [4.69, 9.17) is 10.00 Å². The quantitative estimate of drug-likeness (QED) is 0.767. The average Bonchev–Trinajstić information content (AvgIpc) is 2.34. The highest BCUT2D eigenvalue weighted by molar-refractivity contribution is 5.32. The number of ether oxygens (including phenoxy) is 1. The van der Waals surface area contributed by atoms with Crippen molar-refractivity contribution in [1.82, 2.24) is 5.32 Å². The molecule has 1 unspecified atom stereocenters. The summed E-state index contributed by atoms with van der Waals surface area (Å²) in [6, 6.07) is 10.1. The molecule has 1 aromatic carbocycles. The average molecular weight is 232 g/mol. The third kappa shape index (κ3) is 4.99. The summed E-state index contributed by atoms with van der Waals surface area (Å²) < 4.78 is 5.46. The first kappa shape index (κ1) is 13.7. The highest BCUT2D eigenvalue weighted by Gasteiger charge is 2.04. The molecule has 1 aromatic rings. The number of nitrogens with one attached hydrogen (secondary N) is 1. The summed E-state index contributed by atoms with van der Waals surface area (Å²) in [5, 5.41) is 12.1. The molecule has 0 spiro atoms. The van der Waals surface area contributed by atoms with E-state index in [9.17, 15) is 0 Å². The fraction of sp³-hybridized carbons (Fsp3) is 0.500. The Morgan fingerprint density at radius 3 is 2.41 bits per heavy atom. The predicted molar refractivity (Wildman–Crippen MR) is 68.7 cm³/mol. The topological polar surface area (TPSA) is 45.0 Å². The van der Waals surface area contributed by atoms with E-state index in [1.165, 1.54) is 5.56 Å². The lowest BCUT2D eigenvalue weighted by Gasteiger charge is -2.15. The Morgan fingerprint density at radius 1 is 1.24 bits per heavy atom. The summed E-state index contributed by atoms with van der Waals surface area (Å²) in [7, 11) is 0. The molecule has 0 fully saturated rings. The number of hydrogen-bond acceptors (Lipinski definition) is 3. The Bertz CT molecular complexity index is 365. The SMILES string of the molecule is CC(C)OCCNC(C)c1ccc(C#N)cc1. The minimum atomic E-state index is 0.276. The first-order valence-electron chi connectivity index (χ1n) is 5.98. The monoisotopic (exact) mass is 232 g/mol. The van der Waals surface area contributed by atoms with Crippen molar-refractivity contribution in [2.24, 2.45) is 0 Å². The molecular formula is C14H20N2O. The molecule has 3 nitrogen and oxygen atoms in total. The largest absolute Gasteiger partial charge is 0.377 e. The maximum Gasteiger partial charge on any atom is 0.0991 e. The zero-order valence-electron chi connectivity index (χ0n) is 10.7. The first-order valence-corrected chi connectivity index (χ1v) is 5.98. The highest BCUT2D eigenvalue weighted by atomic mass is 16.5. The minimum absolute atomic E-state index is 0.276. The minimum Gasteiger partial charge on any atom is -0.377 e. The van der Waals surface area contributed by atoms with Crippen LogP contribution in [-0.4, -0.2) is 19.3 Å². The summed E-state index contributed by atoms with van der Waals surface area (Å²) in [5.41, 5.74) is 1.89. The maximum absolute atomic E-state index is 8.71. The van der Waals surface area contributed by atoms with E-state index in [0.717, 1.165) is 13.2 Å². The number of hydrogen-bond donors (Lipinski definition) is 1. The van der Waals surface area contributed by atoms with Crippen molar-refractivity contribution < 1.29 is 4.74 Å². The van der Waals surface area contributed by atoms with E-state index in [0.29, 0.717) is 5.56 Å². The van der Waals surface area contributed by atoms with Crippen LogP contribution in [0.1, 0.15) is 37.9 Å². The molecule has 0 aliphatic carbocycles. The van der Waals surface area contributed by atoms with Gasteiger partial charge in [0.25, 0.3) is 0 Å². The molecule has 0 aromatic heterocycles. The van der Waals surface area contributed by atoms with Gasteiger partial charge < -0.3 is 10.1 Å². The van der Waals surface area contributed by atoms with Crippen molar-refractivity contribution in [3.05, 3.63) is 35.4 Å². The number of nitriles is 1. The van der Waals surface area contributed by atoms with Gasteiger partial charge in [-0.25, -0.2) is 0 Å². The summed E-state index contributed by atoms with van der Waals surface area (Å²) in [6.45, 7) is 7.72. The van der Waals surface area contributed by atoms with Crippen molar-refractivity contribution in [1.29, 1.82) is 5.26 Å². The maximum atomic E-state index is 8.71. The lowest BCUT2D eigenvalue weighted by atomic mass is 10.1. The van der Waals surface area contributed by atoms with E-state index in [-0.39, 0.29) is 12.1 Å². The second-order valence-corrected chi connectivity index (χ2v) is 4.33. The predicted octanol–water partition coefficient (Wildman–Crippen LogP) is 2.63.